The number of hydrogen-bond donors (Lipinski definition) is 1. The van der Waals surface area contributed by atoms with Gasteiger partial charge in [0, 0.05) is 17.6 Å². The third-order valence-corrected chi connectivity index (χ3v) is 4.02. The second-order valence-electron chi connectivity index (χ2n) is 7.15. The summed E-state index contributed by atoms with van der Waals surface area (Å²) >= 11 is 0. The number of ether oxygens (including phenoxy) is 2. The van der Waals surface area contributed by atoms with Gasteiger partial charge in [0.1, 0.15) is 0 Å². The lowest BCUT2D eigenvalue weighted by Gasteiger charge is -2.08. The van der Waals surface area contributed by atoms with Gasteiger partial charge >= 0.3 is 11.9 Å². The summed E-state index contributed by atoms with van der Waals surface area (Å²) in [4.78, 5) is 21.7. The van der Waals surface area contributed by atoms with Crippen molar-refractivity contribution in [2.45, 2.75) is 105 Å². The van der Waals surface area contributed by atoms with Gasteiger partial charge in [0.2, 0.25) is 6.29 Å². The molecule has 28 heavy (non-hydrogen) atoms. The molecule has 0 rings (SSSR count). The standard InChI is InChI=1S/C16H30O2.C7H12O3/c1-4-5-6-7-8-9-10-11-12-13-14-18-16(17)15(2)3;1-4-6(8)10-7(9)5(2)3/h2,4-14H2,1,3H3;6,8H,2,4H2,1,3H3. The molecule has 1 atom stereocenters. The topological polar surface area (TPSA) is 72.8 Å². The first-order chi connectivity index (χ1) is 13.3. The number of esters is 2. The van der Waals surface area contributed by atoms with E-state index in [1.54, 1.807) is 13.8 Å². The fourth-order valence-corrected chi connectivity index (χ4v) is 2.19. The van der Waals surface area contributed by atoms with Crippen LogP contribution in [0.25, 0.3) is 0 Å². The highest BCUT2D eigenvalue weighted by atomic mass is 16.6. The van der Waals surface area contributed by atoms with Crippen molar-refractivity contribution in [1.82, 2.24) is 0 Å². The molecule has 0 radical (unpaired) electrons. The third-order valence-electron chi connectivity index (χ3n) is 4.02. The molecule has 164 valence electrons. The van der Waals surface area contributed by atoms with E-state index in [0.717, 1.165) is 6.42 Å². The number of carbonyl (C=O) groups excluding carboxylic acids is 2. The van der Waals surface area contributed by atoms with Crippen LogP contribution in [0.3, 0.4) is 0 Å². The van der Waals surface area contributed by atoms with Crippen molar-refractivity contribution < 1.29 is 24.2 Å². The highest BCUT2D eigenvalue weighted by Crippen LogP contribution is 2.10. The van der Waals surface area contributed by atoms with Gasteiger partial charge in [-0.2, -0.15) is 0 Å². The molecule has 0 heterocycles. The lowest BCUT2D eigenvalue weighted by molar-refractivity contribution is -0.163. The van der Waals surface area contributed by atoms with Crippen molar-refractivity contribution in [3.05, 3.63) is 24.3 Å². The lowest BCUT2D eigenvalue weighted by Crippen LogP contribution is -2.16. The minimum atomic E-state index is -0.996. The molecule has 0 aliphatic carbocycles. The van der Waals surface area contributed by atoms with Crippen LogP contribution in [-0.2, 0) is 19.1 Å². The zero-order chi connectivity index (χ0) is 21.8. The lowest BCUT2D eigenvalue weighted by atomic mass is 10.1. The maximum absolute atomic E-state index is 11.1. The maximum atomic E-state index is 11.1. The van der Waals surface area contributed by atoms with E-state index >= 15 is 0 Å². The molecule has 0 aromatic heterocycles. The second kappa shape index (κ2) is 20.1. The van der Waals surface area contributed by atoms with Crippen molar-refractivity contribution >= 4 is 11.9 Å². The summed E-state index contributed by atoms with van der Waals surface area (Å²) in [6.45, 7) is 14.6. The summed E-state index contributed by atoms with van der Waals surface area (Å²) in [6, 6.07) is 0. The number of carbonyl (C=O) groups is 2. The quantitative estimate of drug-likeness (QED) is 0.162. The van der Waals surface area contributed by atoms with E-state index in [1.165, 1.54) is 64.7 Å². The van der Waals surface area contributed by atoms with E-state index in [2.05, 4.69) is 24.8 Å². The first-order valence-electron chi connectivity index (χ1n) is 10.6. The van der Waals surface area contributed by atoms with Crippen LogP contribution in [0.1, 0.15) is 98.3 Å². The van der Waals surface area contributed by atoms with Gasteiger partial charge in [-0.3, -0.25) is 0 Å². The summed E-state index contributed by atoms with van der Waals surface area (Å²) in [5.41, 5.74) is 0.787. The molecule has 0 bridgehead atoms. The molecule has 0 spiro atoms. The van der Waals surface area contributed by atoms with Gasteiger partial charge in [-0.25, -0.2) is 9.59 Å². The smallest absolute Gasteiger partial charge is 0.335 e. The van der Waals surface area contributed by atoms with Crippen LogP contribution in [0, 0.1) is 0 Å². The highest BCUT2D eigenvalue weighted by Gasteiger charge is 2.08. The fraction of sp³-hybridized carbons (Fsp3) is 0.739. The van der Waals surface area contributed by atoms with Gasteiger partial charge in [-0.15, -0.1) is 0 Å². The van der Waals surface area contributed by atoms with Gasteiger partial charge in [0.15, 0.2) is 0 Å². The fourth-order valence-electron chi connectivity index (χ4n) is 2.19. The Morgan fingerprint density at radius 2 is 1.21 bits per heavy atom. The summed E-state index contributed by atoms with van der Waals surface area (Å²) in [6.07, 6.45) is 12.4. The Labute approximate surface area is 172 Å². The SMILES string of the molecule is C=C(C)C(=O)OC(O)CC.C=C(C)C(=O)OCCCCCCCCCCCC. The summed E-state index contributed by atoms with van der Waals surface area (Å²) < 4.78 is 9.51. The highest BCUT2D eigenvalue weighted by molar-refractivity contribution is 5.87. The molecule has 5 heteroatoms. The van der Waals surface area contributed by atoms with E-state index in [-0.39, 0.29) is 5.97 Å². The molecule has 0 saturated heterocycles. The minimum absolute atomic E-state index is 0.258. The summed E-state index contributed by atoms with van der Waals surface area (Å²) in [5, 5.41) is 8.79. The predicted octanol–water partition coefficient (Wildman–Crippen LogP) is 5.86. The molecular formula is C23H42O5. The van der Waals surface area contributed by atoms with Crippen LogP contribution in [0.5, 0.6) is 0 Å². The van der Waals surface area contributed by atoms with E-state index in [9.17, 15) is 9.59 Å². The Morgan fingerprint density at radius 3 is 1.61 bits per heavy atom. The molecule has 0 amide bonds. The normalized spacial score (nSPS) is 11.0. The zero-order valence-corrected chi connectivity index (χ0v) is 18.6. The largest absolute Gasteiger partial charge is 0.462 e. The first kappa shape index (κ1) is 28.6. The monoisotopic (exact) mass is 398 g/mol. The van der Waals surface area contributed by atoms with E-state index < -0.39 is 12.3 Å². The summed E-state index contributed by atoms with van der Waals surface area (Å²) in [7, 11) is 0. The van der Waals surface area contributed by atoms with Crippen LogP contribution < -0.4 is 0 Å². The Morgan fingerprint density at radius 1 is 0.786 bits per heavy atom. The molecule has 0 fully saturated rings. The van der Waals surface area contributed by atoms with Crippen molar-refractivity contribution in [2.75, 3.05) is 6.61 Å². The van der Waals surface area contributed by atoms with Crippen molar-refractivity contribution in [3.63, 3.8) is 0 Å². The average Bonchev–Trinajstić information content (AvgIpc) is 2.66. The molecule has 5 nitrogen and oxygen atoms in total. The molecule has 0 aliphatic heterocycles. The van der Waals surface area contributed by atoms with Gasteiger partial charge in [-0.05, 0) is 20.3 Å². The number of unbranched alkanes of at least 4 members (excludes halogenated alkanes) is 9. The Hall–Kier alpha value is -1.62. The van der Waals surface area contributed by atoms with Crippen LogP contribution in [0.15, 0.2) is 24.3 Å². The Bertz CT molecular complexity index is 442. The summed E-state index contributed by atoms with van der Waals surface area (Å²) in [5.74, 6) is -0.805. The number of hydrogen-bond acceptors (Lipinski definition) is 5. The molecule has 0 aliphatic rings. The second-order valence-corrected chi connectivity index (χ2v) is 7.15. The zero-order valence-electron chi connectivity index (χ0n) is 18.6. The van der Waals surface area contributed by atoms with E-state index in [0.29, 0.717) is 24.2 Å². The van der Waals surface area contributed by atoms with Crippen LogP contribution in [0.4, 0.5) is 0 Å². The van der Waals surface area contributed by atoms with Gasteiger partial charge in [0.05, 0.1) is 6.61 Å². The molecule has 0 aromatic rings. The number of aliphatic hydroxyl groups is 1. The molecule has 1 unspecified atom stereocenters. The maximum Gasteiger partial charge on any atom is 0.335 e. The van der Waals surface area contributed by atoms with E-state index in [4.69, 9.17) is 9.84 Å². The average molecular weight is 399 g/mol. The molecule has 0 saturated carbocycles. The Kier molecular flexibility index (Phi) is 20.5. The molecule has 1 N–H and O–H groups in total. The van der Waals surface area contributed by atoms with Crippen LogP contribution in [-0.4, -0.2) is 29.9 Å². The molecular weight excluding hydrogens is 356 g/mol. The van der Waals surface area contributed by atoms with Crippen molar-refractivity contribution in [1.29, 1.82) is 0 Å². The van der Waals surface area contributed by atoms with Crippen molar-refractivity contribution in [2.24, 2.45) is 0 Å². The first-order valence-corrected chi connectivity index (χ1v) is 10.6. The number of aliphatic hydroxyl groups excluding tert-OH is 1. The van der Waals surface area contributed by atoms with Crippen LogP contribution >= 0.6 is 0 Å². The van der Waals surface area contributed by atoms with E-state index in [1.807, 2.05) is 0 Å². The third kappa shape index (κ3) is 20.7. The van der Waals surface area contributed by atoms with Crippen molar-refractivity contribution in [3.8, 4) is 0 Å². The van der Waals surface area contributed by atoms with Gasteiger partial charge < -0.3 is 14.6 Å². The molecule has 0 aromatic carbocycles. The minimum Gasteiger partial charge on any atom is -0.462 e. The number of rotatable bonds is 15. The predicted molar refractivity (Wildman–Crippen MR) is 115 cm³/mol. The van der Waals surface area contributed by atoms with Gasteiger partial charge in [-0.1, -0.05) is 84.8 Å². The van der Waals surface area contributed by atoms with Crippen LogP contribution in [0.2, 0.25) is 0 Å². The van der Waals surface area contributed by atoms with Gasteiger partial charge in [0.25, 0.3) is 0 Å². The Balaban J connectivity index is 0.